The number of carbonyl (C=O) groups excluding carboxylic acids is 1. The van der Waals surface area contributed by atoms with Crippen molar-refractivity contribution in [3.8, 4) is 17.1 Å². The standard InChI is InChI=1S/C26H26N4O2S/c1-18-12-13-19(2)22(16-18)27-24(32)17-33-26-29-28-25(21-10-6-7-11-23(21)31)30(26)15-14-20-8-4-3-5-9-20/h3-13,16,31H,14-15,17H2,1-2H3,(H,27,32). The number of rotatable bonds is 8. The van der Waals surface area contributed by atoms with Crippen LogP contribution in [0.25, 0.3) is 11.4 Å². The molecule has 0 saturated heterocycles. The van der Waals surface area contributed by atoms with Gasteiger partial charge >= 0.3 is 0 Å². The van der Waals surface area contributed by atoms with Gasteiger partial charge in [0, 0.05) is 12.2 Å². The van der Waals surface area contributed by atoms with Gasteiger partial charge in [0.2, 0.25) is 5.91 Å². The van der Waals surface area contributed by atoms with Gasteiger partial charge in [0.25, 0.3) is 0 Å². The molecule has 7 heteroatoms. The van der Waals surface area contributed by atoms with Gasteiger partial charge in [0.1, 0.15) is 5.75 Å². The minimum atomic E-state index is -0.101. The van der Waals surface area contributed by atoms with Crippen molar-refractivity contribution in [3.05, 3.63) is 89.5 Å². The van der Waals surface area contributed by atoms with Crippen LogP contribution >= 0.6 is 11.8 Å². The van der Waals surface area contributed by atoms with Crippen LogP contribution in [-0.2, 0) is 17.8 Å². The first-order valence-corrected chi connectivity index (χ1v) is 11.7. The summed E-state index contributed by atoms with van der Waals surface area (Å²) < 4.78 is 1.97. The molecule has 1 amide bonds. The van der Waals surface area contributed by atoms with Gasteiger partial charge in [-0.05, 0) is 55.2 Å². The number of carbonyl (C=O) groups is 1. The minimum Gasteiger partial charge on any atom is -0.507 e. The van der Waals surface area contributed by atoms with Crippen molar-refractivity contribution in [1.29, 1.82) is 0 Å². The number of para-hydroxylation sites is 1. The van der Waals surface area contributed by atoms with Crippen LogP contribution in [0.15, 0.2) is 78.0 Å². The fourth-order valence-electron chi connectivity index (χ4n) is 3.53. The van der Waals surface area contributed by atoms with Crippen LogP contribution in [0.1, 0.15) is 16.7 Å². The third-order valence-corrected chi connectivity index (χ3v) is 6.29. The van der Waals surface area contributed by atoms with E-state index in [1.165, 1.54) is 17.3 Å². The quantitative estimate of drug-likeness (QED) is 0.353. The van der Waals surface area contributed by atoms with E-state index in [-0.39, 0.29) is 17.4 Å². The highest BCUT2D eigenvalue weighted by molar-refractivity contribution is 7.99. The molecule has 1 heterocycles. The van der Waals surface area contributed by atoms with Crippen molar-refractivity contribution in [2.24, 2.45) is 0 Å². The lowest BCUT2D eigenvalue weighted by atomic mass is 10.1. The molecule has 168 valence electrons. The molecule has 0 fully saturated rings. The molecule has 33 heavy (non-hydrogen) atoms. The van der Waals surface area contributed by atoms with E-state index >= 15 is 0 Å². The zero-order valence-corrected chi connectivity index (χ0v) is 19.5. The number of amides is 1. The number of aromatic nitrogens is 3. The molecule has 1 aromatic heterocycles. The minimum absolute atomic E-state index is 0.101. The zero-order valence-electron chi connectivity index (χ0n) is 18.7. The molecule has 4 rings (SSSR count). The molecular formula is C26H26N4O2S. The van der Waals surface area contributed by atoms with Gasteiger partial charge in [0.15, 0.2) is 11.0 Å². The molecule has 3 aromatic carbocycles. The first kappa shape index (κ1) is 22.6. The summed E-state index contributed by atoms with van der Waals surface area (Å²) in [6, 6.07) is 23.2. The van der Waals surface area contributed by atoms with Crippen molar-refractivity contribution < 1.29 is 9.90 Å². The summed E-state index contributed by atoms with van der Waals surface area (Å²) in [6.45, 7) is 4.60. The maximum atomic E-state index is 12.6. The van der Waals surface area contributed by atoms with Gasteiger partial charge in [-0.3, -0.25) is 4.79 Å². The number of phenols is 1. The van der Waals surface area contributed by atoms with Crippen molar-refractivity contribution in [2.75, 3.05) is 11.1 Å². The lowest BCUT2D eigenvalue weighted by Gasteiger charge is -2.12. The van der Waals surface area contributed by atoms with Gasteiger partial charge in [-0.25, -0.2) is 0 Å². The number of aromatic hydroxyl groups is 1. The average molecular weight is 459 g/mol. The van der Waals surface area contributed by atoms with Crippen LogP contribution in [0.2, 0.25) is 0 Å². The van der Waals surface area contributed by atoms with Crippen molar-refractivity contribution in [3.63, 3.8) is 0 Å². The smallest absolute Gasteiger partial charge is 0.234 e. The Bertz CT molecular complexity index is 1250. The Kier molecular flexibility index (Phi) is 7.10. The number of anilines is 1. The van der Waals surface area contributed by atoms with Gasteiger partial charge < -0.3 is 15.0 Å². The molecule has 0 unspecified atom stereocenters. The number of nitrogens with zero attached hydrogens (tertiary/aromatic N) is 3. The molecule has 0 saturated carbocycles. The highest BCUT2D eigenvalue weighted by atomic mass is 32.2. The number of phenolic OH excluding ortho intramolecular Hbond substituents is 1. The number of nitrogens with one attached hydrogen (secondary N) is 1. The Labute approximate surface area is 197 Å². The second kappa shape index (κ2) is 10.4. The fraction of sp³-hybridized carbons (Fsp3) is 0.192. The molecule has 2 N–H and O–H groups in total. The van der Waals surface area contributed by atoms with E-state index in [1.54, 1.807) is 12.1 Å². The van der Waals surface area contributed by atoms with E-state index in [2.05, 4.69) is 27.6 Å². The van der Waals surface area contributed by atoms with Crippen LogP contribution in [0.5, 0.6) is 5.75 Å². The van der Waals surface area contributed by atoms with E-state index in [0.717, 1.165) is 23.2 Å². The predicted molar refractivity (Wildman–Crippen MR) is 133 cm³/mol. The SMILES string of the molecule is Cc1ccc(C)c(NC(=O)CSc2nnc(-c3ccccc3O)n2CCc2ccccc2)c1. The molecule has 6 nitrogen and oxygen atoms in total. The molecule has 0 radical (unpaired) electrons. The van der Waals surface area contributed by atoms with Crippen LogP contribution in [0.3, 0.4) is 0 Å². The Balaban J connectivity index is 1.53. The topological polar surface area (TPSA) is 80.0 Å². The molecule has 0 atom stereocenters. The maximum Gasteiger partial charge on any atom is 0.234 e. The van der Waals surface area contributed by atoms with E-state index in [4.69, 9.17) is 0 Å². The van der Waals surface area contributed by atoms with Gasteiger partial charge in [-0.2, -0.15) is 0 Å². The van der Waals surface area contributed by atoms with Crippen molar-refractivity contribution in [1.82, 2.24) is 14.8 Å². The normalized spacial score (nSPS) is 10.8. The van der Waals surface area contributed by atoms with Crippen LogP contribution in [-0.4, -0.2) is 31.5 Å². The second-order valence-corrected chi connectivity index (χ2v) is 8.81. The highest BCUT2D eigenvalue weighted by Crippen LogP contribution is 2.30. The van der Waals surface area contributed by atoms with Gasteiger partial charge in [-0.15, -0.1) is 10.2 Å². The Morgan fingerprint density at radius 3 is 2.55 bits per heavy atom. The third-order valence-electron chi connectivity index (χ3n) is 5.33. The molecule has 0 bridgehead atoms. The molecular weight excluding hydrogens is 432 g/mol. The number of hydrogen-bond donors (Lipinski definition) is 2. The van der Waals surface area contributed by atoms with E-state index in [1.807, 2.05) is 66.9 Å². The summed E-state index contributed by atoms with van der Waals surface area (Å²) in [7, 11) is 0. The number of hydrogen-bond acceptors (Lipinski definition) is 5. The van der Waals surface area contributed by atoms with Crippen LogP contribution in [0.4, 0.5) is 5.69 Å². The molecule has 0 aliphatic rings. The molecule has 0 aliphatic carbocycles. The lowest BCUT2D eigenvalue weighted by molar-refractivity contribution is -0.113. The predicted octanol–water partition coefficient (Wildman–Crippen LogP) is 5.24. The fourth-order valence-corrected chi connectivity index (χ4v) is 4.30. The molecule has 0 spiro atoms. The monoisotopic (exact) mass is 458 g/mol. The lowest BCUT2D eigenvalue weighted by Crippen LogP contribution is -2.15. The Hall–Kier alpha value is -3.58. The zero-order chi connectivity index (χ0) is 23.2. The first-order valence-electron chi connectivity index (χ1n) is 10.8. The summed E-state index contributed by atoms with van der Waals surface area (Å²) in [5.74, 6) is 0.837. The summed E-state index contributed by atoms with van der Waals surface area (Å²) in [4.78, 5) is 12.6. The van der Waals surface area contributed by atoms with Crippen LogP contribution in [0, 0.1) is 13.8 Å². The van der Waals surface area contributed by atoms with E-state index in [0.29, 0.717) is 23.1 Å². The van der Waals surface area contributed by atoms with Crippen LogP contribution < -0.4 is 5.32 Å². The van der Waals surface area contributed by atoms with Crippen molar-refractivity contribution >= 4 is 23.4 Å². The summed E-state index contributed by atoms with van der Waals surface area (Å²) >= 11 is 1.34. The average Bonchev–Trinajstić information content (AvgIpc) is 3.22. The van der Waals surface area contributed by atoms with Gasteiger partial charge in [0.05, 0.1) is 11.3 Å². The molecule has 4 aromatic rings. The van der Waals surface area contributed by atoms with Gasteiger partial charge in [-0.1, -0.05) is 66.4 Å². The van der Waals surface area contributed by atoms with Crippen molar-refractivity contribution in [2.45, 2.75) is 32.0 Å². The maximum absolute atomic E-state index is 12.6. The highest BCUT2D eigenvalue weighted by Gasteiger charge is 2.18. The number of thioether (sulfide) groups is 1. The van der Waals surface area contributed by atoms with E-state index < -0.39 is 0 Å². The third kappa shape index (κ3) is 5.62. The Morgan fingerprint density at radius 1 is 1.00 bits per heavy atom. The largest absolute Gasteiger partial charge is 0.507 e. The van der Waals surface area contributed by atoms with E-state index in [9.17, 15) is 9.90 Å². The summed E-state index contributed by atoms with van der Waals surface area (Å²) in [5.41, 5.74) is 4.74. The summed E-state index contributed by atoms with van der Waals surface area (Å²) in [5, 5.41) is 22.7. The number of benzene rings is 3. The summed E-state index contributed by atoms with van der Waals surface area (Å²) in [6.07, 6.45) is 0.779. The Morgan fingerprint density at radius 2 is 1.76 bits per heavy atom. The molecule has 0 aliphatic heterocycles. The first-order chi connectivity index (χ1) is 16.0. The number of aryl methyl sites for hydroxylation is 3. The second-order valence-electron chi connectivity index (χ2n) is 7.87.